The normalized spacial score (nSPS) is 34.3. The van der Waals surface area contributed by atoms with Gasteiger partial charge in [0.1, 0.15) is 0 Å². The molecule has 0 radical (unpaired) electrons. The van der Waals surface area contributed by atoms with Crippen LogP contribution in [0.2, 0.25) is 0 Å². The summed E-state index contributed by atoms with van der Waals surface area (Å²) in [5, 5.41) is 3.77. The van der Waals surface area contributed by atoms with E-state index in [4.69, 9.17) is 0 Å². The second kappa shape index (κ2) is 6.93. The Hall–Kier alpha value is -0.0400. The minimum atomic E-state index is 0.825. The van der Waals surface area contributed by atoms with E-state index in [1.807, 2.05) is 0 Å². The summed E-state index contributed by atoms with van der Waals surface area (Å²) >= 11 is 0. The SMILES string of the molecule is CCNC1CCC(C(C)C)CC1CC1CCCC1. The molecular weight excluding hydrogens is 218 g/mol. The van der Waals surface area contributed by atoms with Crippen LogP contribution < -0.4 is 5.32 Å². The Morgan fingerprint density at radius 3 is 2.39 bits per heavy atom. The van der Waals surface area contributed by atoms with Crippen LogP contribution in [0.5, 0.6) is 0 Å². The van der Waals surface area contributed by atoms with Crippen molar-refractivity contribution in [3.63, 3.8) is 0 Å². The molecule has 0 aliphatic heterocycles. The summed E-state index contributed by atoms with van der Waals surface area (Å²) in [5.41, 5.74) is 0. The quantitative estimate of drug-likeness (QED) is 0.752. The summed E-state index contributed by atoms with van der Waals surface area (Å²) in [6, 6.07) is 0.825. The minimum absolute atomic E-state index is 0.825. The largest absolute Gasteiger partial charge is 0.314 e. The van der Waals surface area contributed by atoms with Crippen molar-refractivity contribution >= 4 is 0 Å². The van der Waals surface area contributed by atoms with E-state index in [2.05, 4.69) is 26.1 Å². The van der Waals surface area contributed by atoms with Crippen LogP contribution in [0.3, 0.4) is 0 Å². The summed E-state index contributed by atoms with van der Waals surface area (Å²) in [6.45, 7) is 8.26. The van der Waals surface area contributed by atoms with Gasteiger partial charge in [-0.2, -0.15) is 0 Å². The predicted octanol–water partition coefficient (Wildman–Crippen LogP) is 4.62. The van der Waals surface area contributed by atoms with Crippen LogP contribution in [0.1, 0.15) is 72.1 Å². The number of rotatable bonds is 5. The van der Waals surface area contributed by atoms with Gasteiger partial charge in [-0.15, -0.1) is 0 Å². The molecule has 18 heavy (non-hydrogen) atoms. The molecule has 106 valence electrons. The molecule has 1 nitrogen and oxygen atoms in total. The molecule has 3 unspecified atom stereocenters. The molecule has 2 saturated carbocycles. The number of hydrogen-bond acceptors (Lipinski definition) is 1. The van der Waals surface area contributed by atoms with E-state index < -0.39 is 0 Å². The zero-order valence-corrected chi connectivity index (χ0v) is 12.8. The van der Waals surface area contributed by atoms with Crippen LogP contribution in [0.25, 0.3) is 0 Å². The molecule has 0 aromatic rings. The molecule has 0 aromatic carbocycles. The van der Waals surface area contributed by atoms with E-state index in [9.17, 15) is 0 Å². The molecule has 0 amide bonds. The predicted molar refractivity (Wildman–Crippen MR) is 79.7 cm³/mol. The van der Waals surface area contributed by atoms with Gasteiger partial charge in [-0.25, -0.2) is 0 Å². The maximum atomic E-state index is 3.77. The van der Waals surface area contributed by atoms with Crippen molar-refractivity contribution < 1.29 is 0 Å². The fourth-order valence-corrected chi connectivity index (χ4v) is 4.37. The first kappa shape index (κ1) is 14.4. The van der Waals surface area contributed by atoms with Crippen LogP contribution in [0.15, 0.2) is 0 Å². The Morgan fingerprint density at radius 2 is 1.78 bits per heavy atom. The summed E-state index contributed by atoms with van der Waals surface area (Å²) in [4.78, 5) is 0. The Bertz CT molecular complexity index is 228. The third-order valence-corrected chi connectivity index (χ3v) is 5.54. The number of hydrogen-bond donors (Lipinski definition) is 1. The topological polar surface area (TPSA) is 12.0 Å². The highest BCUT2D eigenvalue weighted by molar-refractivity contribution is 4.87. The van der Waals surface area contributed by atoms with Gasteiger partial charge in [0.2, 0.25) is 0 Å². The van der Waals surface area contributed by atoms with Crippen molar-refractivity contribution in [1.82, 2.24) is 5.32 Å². The maximum absolute atomic E-state index is 3.77. The Balaban J connectivity index is 1.90. The molecule has 0 bridgehead atoms. The maximum Gasteiger partial charge on any atom is 0.00955 e. The Kier molecular flexibility index (Phi) is 5.54. The van der Waals surface area contributed by atoms with E-state index in [1.54, 1.807) is 0 Å². The third kappa shape index (κ3) is 3.73. The lowest BCUT2D eigenvalue weighted by molar-refractivity contribution is 0.147. The Morgan fingerprint density at radius 1 is 1.06 bits per heavy atom. The van der Waals surface area contributed by atoms with Gasteiger partial charge in [-0.3, -0.25) is 0 Å². The lowest BCUT2D eigenvalue weighted by Crippen LogP contribution is -2.42. The van der Waals surface area contributed by atoms with Crippen molar-refractivity contribution in [3.05, 3.63) is 0 Å². The smallest absolute Gasteiger partial charge is 0.00955 e. The van der Waals surface area contributed by atoms with Crippen molar-refractivity contribution in [1.29, 1.82) is 0 Å². The molecule has 0 heterocycles. The van der Waals surface area contributed by atoms with Gasteiger partial charge in [0.15, 0.2) is 0 Å². The van der Waals surface area contributed by atoms with Crippen LogP contribution in [0, 0.1) is 23.7 Å². The highest BCUT2D eigenvalue weighted by atomic mass is 14.9. The first-order valence-corrected chi connectivity index (χ1v) is 8.44. The molecule has 2 aliphatic carbocycles. The highest BCUT2D eigenvalue weighted by Gasteiger charge is 2.33. The standard InChI is InChI=1S/C17H33N/c1-4-18-17-10-9-15(13(2)3)12-16(17)11-14-7-5-6-8-14/h13-18H,4-12H2,1-3H3. The molecule has 1 N–H and O–H groups in total. The van der Waals surface area contributed by atoms with Gasteiger partial charge >= 0.3 is 0 Å². The van der Waals surface area contributed by atoms with E-state index in [-0.39, 0.29) is 0 Å². The number of nitrogens with one attached hydrogen (secondary N) is 1. The van der Waals surface area contributed by atoms with Gasteiger partial charge < -0.3 is 5.32 Å². The molecule has 0 spiro atoms. The average molecular weight is 251 g/mol. The first-order chi connectivity index (χ1) is 8.70. The second-order valence-corrected chi connectivity index (χ2v) is 7.13. The molecule has 2 rings (SSSR count). The van der Waals surface area contributed by atoms with E-state index in [1.165, 1.54) is 51.4 Å². The summed E-state index contributed by atoms with van der Waals surface area (Å²) in [6.07, 6.45) is 11.9. The van der Waals surface area contributed by atoms with E-state index >= 15 is 0 Å². The van der Waals surface area contributed by atoms with Crippen molar-refractivity contribution in [2.24, 2.45) is 23.7 Å². The lowest BCUT2D eigenvalue weighted by Gasteiger charge is -2.39. The molecule has 0 aromatic heterocycles. The Labute approximate surface area is 114 Å². The minimum Gasteiger partial charge on any atom is -0.314 e. The molecule has 0 saturated heterocycles. The molecule has 2 aliphatic rings. The fourth-order valence-electron chi connectivity index (χ4n) is 4.37. The van der Waals surface area contributed by atoms with Crippen molar-refractivity contribution in [2.45, 2.75) is 78.2 Å². The van der Waals surface area contributed by atoms with Crippen LogP contribution in [-0.4, -0.2) is 12.6 Å². The first-order valence-electron chi connectivity index (χ1n) is 8.44. The van der Waals surface area contributed by atoms with E-state index in [0.29, 0.717) is 0 Å². The molecule has 2 fully saturated rings. The summed E-state index contributed by atoms with van der Waals surface area (Å²) in [5.74, 6) is 3.90. The highest BCUT2D eigenvalue weighted by Crippen LogP contribution is 2.40. The van der Waals surface area contributed by atoms with Crippen LogP contribution >= 0.6 is 0 Å². The van der Waals surface area contributed by atoms with Gasteiger partial charge in [0.05, 0.1) is 0 Å². The van der Waals surface area contributed by atoms with Crippen molar-refractivity contribution in [3.8, 4) is 0 Å². The van der Waals surface area contributed by atoms with Gasteiger partial charge in [0.25, 0.3) is 0 Å². The lowest BCUT2D eigenvalue weighted by atomic mass is 9.70. The van der Waals surface area contributed by atoms with Crippen molar-refractivity contribution in [2.75, 3.05) is 6.54 Å². The monoisotopic (exact) mass is 251 g/mol. The van der Waals surface area contributed by atoms with E-state index in [0.717, 1.165) is 36.3 Å². The zero-order valence-electron chi connectivity index (χ0n) is 12.8. The molecule has 1 heteroatoms. The van der Waals surface area contributed by atoms with Crippen LogP contribution in [0.4, 0.5) is 0 Å². The van der Waals surface area contributed by atoms with Gasteiger partial charge in [-0.1, -0.05) is 46.5 Å². The molecular formula is C17H33N. The summed E-state index contributed by atoms with van der Waals surface area (Å²) in [7, 11) is 0. The fraction of sp³-hybridized carbons (Fsp3) is 1.00. The van der Waals surface area contributed by atoms with Crippen LogP contribution in [-0.2, 0) is 0 Å². The average Bonchev–Trinajstić information content (AvgIpc) is 2.84. The zero-order chi connectivity index (χ0) is 13.0. The summed E-state index contributed by atoms with van der Waals surface area (Å²) < 4.78 is 0. The van der Waals surface area contributed by atoms with Gasteiger partial charge in [-0.05, 0) is 55.9 Å². The second-order valence-electron chi connectivity index (χ2n) is 7.13. The third-order valence-electron chi connectivity index (χ3n) is 5.54. The molecule has 3 atom stereocenters. The van der Waals surface area contributed by atoms with Gasteiger partial charge in [0, 0.05) is 6.04 Å².